The molecule has 0 spiro atoms. The van der Waals surface area contributed by atoms with E-state index in [0.29, 0.717) is 6.54 Å². The lowest BCUT2D eigenvalue weighted by atomic mass is 10.1. The Balaban J connectivity index is 2.30. The van der Waals surface area contributed by atoms with Crippen LogP contribution < -0.4 is 0 Å². The molecule has 3 nitrogen and oxygen atoms in total. The number of nitrogens with zero attached hydrogens (tertiary/aromatic N) is 1. The van der Waals surface area contributed by atoms with E-state index in [9.17, 15) is 4.79 Å². The summed E-state index contributed by atoms with van der Waals surface area (Å²) in [5.41, 5.74) is 1.04. The fourth-order valence-electron chi connectivity index (χ4n) is 1.13. The number of hydrogen-bond acceptors (Lipinski definition) is 2. The number of allylic oxidation sites excluding steroid dienone is 2. The molecule has 0 unspecified atom stereocenters. The van der Waals surface area contributed by atoms with Crippen molar-refractivity contribution in [3.63, 3.8) is 0 Å². The molecule has 1 rings (SSSR count). The average molecular weight is 167 g/mol. The van der Waals surface area contributed by atoms with Crippen molar-refractivity contribution < 1.29 is 9.90 Å². The highest BCUT2D eigenvalue weighted by molar-refractivity contribution is 5.95. The van der Waals surface area contributed by atoms with E-state index in [1.54, 1.807) is 0 Å². The van der Waals surface area contributed by atoms with Crippen molar-refractivity contribution in [1.29, 1.82) is 0 Å². The van der Waals surface area contributed by atoms with E-state index in [1.165, 1.54) is 0 Å². The quantitative estimate of drug-likeness (QED) is 0.694. The SMILES string of the molecule is O=C(O)CCN=C1C=CCCC1. The zero-order valence-electron chi connectivity index (χ0n) is 6.99. The molecule has 0 radical (unpaired) electrons. The highest BCUT2D eigenvalue weighted by atomic mass is 16.4. The Morgan fingerprint density at radius 1 is 1.67 bits per heavy atom. The van der Waals surface area contributed by atoms with E-state index in [0.717, 1.165) is 25.0 Å². The Hall–Kier alpha value is -1.12. The van der Waals surface area contributed by atoms with Crippen molar-refractivity contribution in [2.75, 3.05) is 6.54 Å². The van der Waals surface area contributed by atoms with Crippen LogP contribution in [-0.4, -0.2) is 23.3 Å². The van der Waals surface area contributed by atoms with Gasteiger partial charge in [-0.1, -0.05) is 6.08 Å². The largest absolute Gasteiger partial charge is 0.481 e. The van der Waals surface area contributed by atoms with Crippen LogP contribution >= 0.6 is 0 Å². The number of aliphatic carboxylic acids is 1. The third-order valence-corrected chi connectivity index (χ3v) is 1.75. The van der Waals surface area contributed by atoms with E-state index in [2.05, 4.69) is 11.1 Å². The van der Waals surface area contributed by atoms with Crippen LogP contribution in [0, 0.1) is 0 Å². The lowest BCUT2D eigenvalue weighted by molar-refractivity contribution is -0.136. The summed E-state index contributed by atoms with van der Waals surface area (Å²) in [6.45, 7) is 0.412. The smallest absolute Gasteiger partial charge is 0.305 e. The molecule has 0 amide bonds. The summed E-state index contributed by atoms with van der Waals surface area (Å²) in [4.78, 5) is 14.3. The van der Waals surface area contributed by atoms with Gasteiger partial charge >= 0.3 is 5.97 Å². The first-order valence-corrected chi connectivity index (χ1v) is 4.20. The standard InChI is InChI=1S/C9H13NO2/c11-9(12)6-7-10-8-4-2-1-3-5-8/h2,4H,1,3,5-7H2,(H,11,12). The molecule has 0 bridgehead atoms. The molecular formula is C9H13NO2. The number of rotatable bonds is 3. The molecule has 0 saturated heterocycles. The lowest BCUT2D eigenvalue weighted by Crippen LogP contribution is -2.02. The Kier molecular flexibility index (Phi) is 3.51. The molecule has 0 aromatic rings. The summed E-state index contributed by atoms with van der Waals surface area (Å²) in [6, 6.07) is 0. The van der Waals surface area contributed by atoms with Gasteiger partial charge in [-0.2, -0.15) is 0 Å². The molecule has 1 aliphatic carbocycles. The predicted octanol–water partition coefficient (Wildman–Crippen LogP) is 1.64. The Morgan fingerprint density at radius 2 is 2.50 bits per heavy atom. The van der Waals surface area contributed by atoms with Gasteiger partial charge in [0.15, 0.2) is 0 Å². The highest BCUT2D eigenvalue weighted by Crippen LogP contribution is 2.07. The van der Waals surface area contributed by atoms with Gasteiger partial charge in [-0.25, -0.2) is 0 Å². The maximum Gasteiger partial charge on any atom is 0.305 e. The van der Waals surface area contributed by atoms with Crippen LogP contribution in [0.4, 0.5) is 0 Å². The van der Waals surface area contributed by atoms with Gasteiger partial charge in [-0.3, -0.25) is 9.79 Å². The van der Waals surface area contributed by atoms with Gasteiger partial charge in [0.2, 0.25) is 0 Å². The minimum atomic E-state index is -0.779. The van der Waals surface area contributed by atoms with E-state index >= 15 is 0 Å². The molecule has 1 aliphatic rings. The predicted molar refractivity (Wildman–Crippen MR) is 47.5 cm³/mol. The molecule has 0 atom stereocenters. The minimum absolute atomic E-state index is 0.136. The maximum atomic E-state index is 10.2. The summed E-state index contributed by atoms with van der Waals surface area (Å²) in [5.74, 6) is -0.779. The van der Waals surface area contributed by atoms with Gasteiger partial charge in [0.1, 0.15) is 0 Å². The maximum absolute atomic E-state index is 10.2. The molecule has 0 fully saturated rings. The van der Waals surface area contributed by atoms with Crippen LogP contribution in [0.15, 0.2) is 17.1 Å². The Morgan fingerprint density at radius 3 is 3.08 bits per heavy atom. The van der Waals surface area contributed by atoms with Gasteiger partial charge in [0, 0.05) is 12.3 Å². The summed E-state index contributed by atoms with van der Waals surface area (Å²) >= 11 is 0. The molecule has 0 aromatic heterocycles. The van der Waals surface area contributed by atoms with Gasteiger partial charge in [-0.15, -0.1) is 0 Å². The number of carboxylic acids is 1. The minimum Gasteiger partial charge on any atom is -0.481 e. The van der Waals surface area contributed by atoms with E-state index < -0.39 is 5.97 Å². The molecular weight excluding hydrogens is 154 g/mol. The van der Waals surface area contributed by atoms with Crippen molar-refractivity contribution >= 4 is 11.7 Å². The van der Waals surface area contributed by atoms with Crippen LogP contribution in [0.1, 0.15) is 25.7 Å². The fourth-order valence-corrected chi connectivity index (χ4v) is 1.13. The first-order chi connectivity index (χ1) is 5.79. The van der Waals surface area contributed by atoms with E-state index in [4.69, 9.17) is 5.11 Å². The summed E-state index contributed by atoms with van der Waals surface area (Å²) in [7, 11) is 0. The van der Waals surface area contributed by atoms with Gasteiger partial charge in [0.25, 0.3) is 0 Å². The molecule has 0 aliphatic heterocycles. The van der Waals surface area contributed by atoms with Crippen molar-refractivity contribution in [3.8, 4) is 0 Å². The number of carboxylic acid groups (broad SMARTS) is 1. The lowest BCUT2D eigenvalue weighted by Gasteiger charge is -2.04. The molecule has 0 heterocycles. The molecule has 66 valence electrons. The zero-order valence-corrected chi connectivity index (χ0v) is 6.99. The normalized spacial score (nSPS) is 19.8. The van der Waals surface area contributed by atoms with Crippen LogP contribution in [0.5, 0.6) is 0 Å². The average Bonchev–Trinajstić information content (AvgIpc) is 2.05. The second kappa shape index (κ2) is 4.70. The third kappa shape index (κ3) is 3.32. The van der Waals surface area contributed by atoms with Gasteiger partial charge < -0.3 is 5.11 Å². The number of aliphatic imine (C=N–C) groups is 1. The molecule has 0 aromatic carbocycles. The van der Waals surface area contributed by atoms with Crippen molar-refractivity contribution in [3.05, 3.63) is 12.2 Å². The Labute approximate surface area is 71.8 Å². The second-order valence-electron chi connectivity index (χ2n) is 2.81. The Bertz CT molecular complexity index is 219. The van der Waals surface area contributed by atoms with Crippen LogP contribution in [-0.2, 0) is 4.79 Å². The van der Waals surface area contributed by atoms with E-state index in [1.807, 2.05) is 6.08 Å². The third-order valence-electron chi connectivity index (χ3n) is 1.75. The monoisotopic (exact) mass is 167 g/mol. The number of carbonyl (C=O) groups is 1. The summed E-state index contributed by atoms with van der Waals surface area (Å²) < 4.78 is 0. The highest BCUT2D eigenvalue weighted by Gasteiger charge is 2.00. The summed E-state index contributed by atoms with van der Waals surface area (Å²) in [6.07, 6.45) is 7.47. The van der Waals surface area contributed by atoms with Crippen LogP contribution in [0.2, 0.25) is 0 Å². The molecule has 0 saturated carbocycles. The van der Waals surface area contributed by atoms with Gasteiger partial charge in [-0.05, 0) is 25.3 Å². The van der Waals surface area contributed by atoms with Crippen LogP contribution in [0.25, 0.3) is 0 Å². The number of hydrogen-bond donors (Lipinski definition) is 1. The fraction of sp³-hybridized carbons (Fsp3) is 0.556. The van der Waals surface area contributed by atoms with E-state index in [-0.39, 0.29) is 6.42 Å². The topological polar surface area (TPSA) is 49.7 Å². The zero-order chi connectivity index (χ0) is 8.81. The van der Waals surface area contributed by atoms with Crippen molar-refractivity contribution in [1.82, 2.24) is 0 Å². The first kappa shape index (κ1) is 8.97. The summed E-state index contributed by atoms with van der Waals surface area (Å²) in [5, 5.41) is 8.36. The van der Waals surface area contributed by atoms with Gasteiger partial charge in [0.05, 0.1) is 6.42 Å². The molecule has 3 heteroatoms. The molecule has 12 heavy (non-hydrogen) atoms. The molecule has 1 N–H and O–H groups in total. The van der Waals surface area contributed by atoms with Crippen molar-refractivity contribution in [2.24, 2.45) is 4.99 Å². The van der Waals surface area contributed by atoms with Crippen molar-refractivity contribution in [2.45, 2.75) is 25.7 Å². The second-order valence-corrected chi connectivity index (χ2v) is 2.81. The first-order valence-electron chi connectivity index (χ1n) is 4.20. The van der Waals surface area contributed by atoms with Crippen LogP contribution in [0.3, 0.4) is 0 Å².